The summed E-state index contributed by atoms with van der Waals surface area (Å²) < 4.78 is 30.0. The molecule has 170 valence electrons. The van der Waals surface area contributed by atoms with E-state index in [0.29, 0.717) is 36.0 Å². The number of sulfone groups is 1. The Morgan fingerprint density at radius 3 is 2.53 bits per heavy atom. The fraction of sp³-hybridized carbons (Fsp3) is 0.318. The molecule has 8 nitrogen and oxygen atoms in total. The van der Waals surface area contributed by atoms with Crippen LogP contribution < -0.4 is 10.9 Å². The first-order valence-electron chi connectivity index (χ1n) is 9.98. The van der Waals surface area contributed by atoms with Crippen LogP contribution in [0, 0.1) is 4.77 Å². The molecule has 0 saturated carbocycles. The molecule has 32 heavy (non-hydrogen) atoms. The minimum Gasteiger partial charge on any atom is -0.385 e. The molecule has 0 fully saturated rings. The topological polar surface area (TPSA) is 110 Å². The Bertz CT molecular complexity index is 1360. The van der Waals surface area contributed by atoms with Gasteiger partial charge in [-0.15, -0.1) is 0 Å². The number of nitrogens with zero attached hydrogens (tertiary/aromatic N) is 1. The van der Waals surface area contributed by atoms with Crippen molar-refractivity contribution in [2.45, 2.75) is 30.8 Å². The van der Waals surface area contributed by atoms with E-state index in [1.54, 1.807) is 44.4 Å². The average Bonchev–Trinajstić information content (AvgIpc) is 2.75. The van der Waals surface area contributed by atoms with Crippen molar-refractivity contribution < 1.29 is 17.9 Å². The van der Waals surface area contributed by atoms with E-state index in [-0.39, 0.29) is 27.2 Å². The number of benzene rings is 2. The van der Waals surface area contributed by atoms with Crippen molar-refractivity contribution in [3.05, 3.63) is 68.7 Å². The maximum atomic E-state index is 12.8. The first-order valence-corrected chi connectivity index (χ1v) is 12.3. The number of fused-ring (bicyclic) bond motifs is 1. The summed E-state index contributed by atoms with van der Waals surface area (Å²) in [7, 11) is -1.68. The predicted octanol–water partition coefficient (Wildman–Crippen LogP) is 2.99. The number of aromatic amines is 1. The van der Waals surface area contributed by atoms with Crippen LogP contribution in [-0.2, 0) is 21.1 Å². The smallest absolute Gasteiger partial charge is 0.262 e. The molecule has 0 aliphatic heterocycles. The zero-order valence-electron chi connectivity index (χ0n) is 18.0. The van der Waals surface area contributed by atoms with E-state index >= 15 is 0 Å². The Morgan fingerprint density at radius 2 is 1.91 bits per heavy atom. The summed E-state index contributed by atoms with van der Waals surface area (Å²) >= 11 is 5.32. The van der Waals surface area contributed by atoms with Crippen molar-refractivity contribution in [3.8, 4) is 0 Å². The number of methoxy groups -OCH3 is 1. The molecular weight excluding hydrogens is 450 g/mol. The van der Waals surface area contributed by atoms with Gasteiger partial charge in [-0.1, -0.05) is 12.1 Å². The predicted molar refractivity (Wildman–Crippen MR) is 125 cm³/mol. The third-order valence-corrected chi connectivity index (χ3v) is 6.58. The molecule has 10 heteroatoms. The highest BCUT2D eigenvalue weighted by atomic mass is 32.2. The molecule has 1 heterocycles. The number of nitrogens with one attached hydrogen (secondary N) is 2. The van der Waals surface area contributed by atoms with Gasteiger partial charge in [0.25, 0.3) is 11.5 Å². The minimum absolute atomic E-state index is 0.217. The molecule has 3 rings (SSSR count). The van der Waals surface area contributed by atoms with E-state index < -0.39 is 9.84 Å². The monoisotopic (exact) mass is 475 g/mol. The fourth-order valence-electron chi connectivity index (χ4n) is 3.33. The van der Waals surface area contributed by atoms with Gasteiger partial charge in [-0.05, 0) is 61.5 Å². The summed E-state index contributed by atoms with van der Waals surface area (Å²) in [6.45, 7) is 2.77. The van der Waals surface area contributed by atoms with Crippen LogP contribution in [0.4, 0.5) is 0 Å². The van der Waals surface area contributed by atoms with Crippen molar-refractivity contribution in [3.63, 3.8) is 0 Å². The zero-order valence-corrected chi connectivity index (χ0v) is 19.7. The van der Waals surface area contributed by atoms with Gasteiger partial charge in [-0.25, -0.2) is 8.42 Å². The van der Waals surface area contributed by atoms with E-state index in [1.165, 1.54) is 16.7 Å². The van der Waals surface area contributed by atoms with Gasteiger partial charge in [0.1, 0.15) is 0 Å². The summed E-state index contributed by atoms with van der Waals surface area (Å²) in [6, 6.07) is 10.8. The molecule has 0 saturated heterocycles. The number of amides is 1. The first kappa shape index (κ1) is 23.8. The number of ether oxygens (including phenoxy) is 1. The number of hydrogen-bond acceptors (Lipinski definition) is 6. The molecule has 0 radical (unpaired) electrons. The quantitative estimate of drug-likeness (QED) is 0.383. The second-order valence-electron chi connectivity index (χ2n) is 7.53. The van der Waals surface area contributed by atoms with Crippen molar-refractivity contribution >= 4 is 38.9 Å². The third-order valence-electron chi connectivity index (χ3n) is 5.13. The first-order chi connectivity index (χ1) is 15.1. The minimum atomic E-state index is -3.28. The average molecular weight is 476 g/mol. The van der Waals surface area contributed by atoms with Gasteiger partial charge in [-0.3, -0.25) is 14.2 Å². The lowest BCUT2D eigenvalue weighted by atomic mass is 10.1. The van der Waals surface area contributed by atoms with Crippen molar-refractivity contribution in [1.29, 1.82) is 0 Å². The van der Waals surface area contributed by atoms with Gasteiger partial charge in [0.2, 0.25) is 0 Å². The Labute approximate surface area is 191 Å². The lowest BCUT2D eigenvalue weighted by molar-refractivity contribution is 0.0940. The molecule has 2 aromatic carbocycles. The normalized spacial score (nSPS) is 12.6. The number of aromatic nitrogens is 2. The van der Waals surface area contributed by atoms with Crippen molar-refractivity contribution in [2.75, 3.05) is 20.0 Å². The second kappa shape index (κ2) is 9.76. The van der Waals surface area contributed by atoms with E-state index in [0.717, 1.165) is 11.8 Å². The molecule has 1 amide bonds. The number of carbonyl (C=O) groups excluding carboxylic acids is 1. The van der Waals surface area contributed by atoms with Gasteiger partial charge in [0.05, 0.1) is 21.8 Å². The van der Waals surface area contributed by atoms with E-state index in [9.17, 15) is 18.0 Å². The Hall–Kier alpha value is -2.82. The summed E-state index contributed by atoms with van der Waals surface area (Å²) in [5, 5.41) is 3.33. The van der Waals surface area contributed by atoms with Gasteiger partial charge in [-0.2, -0.15) is 0 Å². The van der Waals surface area contributed by atoms with E-state index in [4.69, 9.17) is 17.0 Å². The number of carbonyl (C=O) groups is 1. The Balaban J connectivity index is 1.81. The molecule has 0 aliphatic rings. The van der Waals surface area contributed by atoms with E-state index in [2.05, 4.69) is 10.3 Å². The van der Waals surface area contributed by atoms with Crippen LogP contribution in [0.25, 0.3) is 10.9 Å². The molecule has 0 aliphatic carbocycles. The van der Waals surface area contributed by atoms with Gasteiger partial charge in [0, 0.05) is 32.1 Å². The molecule has 1 unspecified atom stereocenters. The van der Waals surface area contributed by atoms with Crippen LogP contribution in [0.5, 0.6) is 0 Å². The standard InChI is InChI=1S/C22H25N3O5S2/c1-14(15-5-8-17(9-6-15)32(3,28)29)23-20(26)16-7-10-18-19(13-16)24-22(31)25(21(18)27)11-4-12-30-2/h5-10,13-14H,4,11-12H2,1-3H3,(H,23,26)(H,24,31). The number of rotatable bonds is 8. The molecular formula is C22H25N3O5S2. The molecule has 0 spiro atoms. The SMILES string of the molecule is COCCCn1c(=S)[nH]c2cc(C(=O)NC(C)c3ccc(S(C)(=O)=O)cc3)ccc2c1=O. The van der Waals surface area contributed by atoms with Crippen LogP contribution in [0.1, 0.15) is 35.3 Å². The largest absolute Gasteiger partial charge is 0.385 e. The highest BCUT2D eigenvalue weighted by molar-refractivity contribution is 7.90. The van der Waals surface area contributed by atoms with Gasteiger partial charge >= 0.3 is 0 Å². The number of H-pyrrole nitrogens is 1. The summed E-state index contributed by atoms with van der Waals surface area (Å²) in [4.78, 5) is 28.8. The van der Waals surface area contributed by atoms with Crippen LogP contribution in [-0.4, -0.2) is 43.8 Å². The number of hydrogen-bond donors (Lipinski definition) is 2. The summed E-state index contributed by atoms with van der Waals surface area (Å²) in [5.41, 5.74) is 1.41. The Morgan fingerprint density at radius 1 is 1.22 bits per heavy atom. The van der Waals surface area contributed by atoms with Crippen molar-refractivity contribution in [2.24, 2.45) is 0 Å². The Kier molecular flexibility index (Phi) is 7.27. The second-order valence-corrected chi connectivity index (χ2v) is 9.93. The molecule has 2 N–H and O–H groups in total. The van der Waals surface area contributed by atoms with E-state index in [1.807, 2.05) is 0 Å². The van der Waals surface area contributed by atoms with Crippen molar-refractivity contribution in [1.82, 2.24) is 14.9 Å². The lowest BCUT2D eigenvalue weighted by Crippen LogP contribution is -2.27. The van der Waals surface area contributed by atoms with Gasteiger partial charge in [0.15, 0.2) is 14.6 Å². The third kappa shape index (κ3) is 5.32. The maximum Gasteiger partial charge on any atom is 0.262 e. The van der Waals surface area contributed by atoms with Crippen LogP contribution >= 0.6 is 12.2 Å². The molecule has 1 atom stereocenters. The highest BCUT2D eigenvalue weighted by Crippen LogP contribution is 2.18. The zero-order chi connectivity index (χ0) is 23.5. The fourth-order valence-corrected chi connectivity index (χ4v) is 4.25. The lowest BCUT2D eigenvalue weighted by Gasteiger charge is -2.15. The maximum absolute atomic E-state index is 12.8. The molecule has 0 bridgehead atoms. The van der Waals surface area contributed by atoms with Gasteiger partial charge < -0.3 is 15.0 Å². The summed E-state index contributed by atoms with van der Waals surface area (Å²) in [5.74, 6) is -0.324. The highest BCUT2D eigenvalue weighted by Gasteiger charge is 2.15. The molecule has 1 aromatic heterocycles. The van der Waals surface area contributed by atoms with Crippen LogP contribution in [0.15, 0.2) is 52.2 Å². The summed E-state index contributed by atoms with van der Waals surface area (Å²) in [6.07, 6.45) is 1.80. The van der Waals surface area contributed by atoms with Crippen LogP contribution in [0.2, 0.25) is 0 Å². The molecule has 3 aromatic rings. The van der Waals surface area contributed by atoms with Crippen LogP contribution in [0.3, 0.4) is 0 Å².